The topological polar surface area (TPSA) is 90.5 Å². The van der Waals surface area contributed by atoms with E-state index in [1.807, 2.05) is 0 Å². The summed E-state index contributed by atoms with van der Waals surface area (Å²) < 4.78 is 21.1. The van der Waals surface area contributed by atoms with Gasteiger partial charge in [0.1, 0.15) is 23.7 Å². The number of amides is 1. The Balaban J connectivity index is 2.07. The van der Waals surface area contributed by atoms with Crippen molar-refractivity contribution in [1.29, 1.82) is 0 Å². The number of nitro groups is 1. The molecule has 0 spiro atoms. The van der Waals surface area contributed by atoms with Crippen LogP contribution in [0.4, 0.5) is 14.9 Å². The van der Waals surface area contributed by atoms with E-state index in [-0.39, 0.29) is 12.2 Å². The number of alkyl halides is 1. The first-order chi connectivity index (χ1) is 10.6. The Bertz CT molecular complexity index is 610. The molecular formula is C14H21FN4O4. The number of aromatic nitrogens is 2. The highest BCUT2D eigenvalue weighted by Crippen LogP contribution is 2.29. The van der Waals surface area contributed by atoms with E-state index in [0.29, 0.717) is 18.7 Å². The lowest BCUT2D eigenvalue weighted by atomic mass is 10.0. The van der Waals surface area contributed by atoms with Crippen molar-refractivity contribution in [2.75, 3.05) is 13.1 Å². The summed E-state index contributed by atoms with van der Waals surface area (Å²) in [5.74, 6) is 0. The standard InChI is InChI=1S/C14H21FN4O4/c1-9-12(19(21)22)7-16-18(9)11-5-6-17(8-10(11)15)13(20)23-14(2,3)4/h7,10-11H,5-6,8H2,1-4H3. The van der Waals surface area contributed by atoms with Gasteiger partial charge in [-0.1, -0.05) is 0 Å². The van der Waals surface area contributed by atoms with Gasteiger partial charge in [-0.2, -0.15) is 5.10 Å². The van der Waals surface area contributed by atoms with E-state index < -0.39 is 28.8 Å². The van der Waals surface area contributed by atoms with Crippen molar-refractivity contribution >= 4 is 11.8 Å². The van der Waals surface area contributed by atoms with Crippen LogP contribution in [0.25, 0.3) is 0 Å². The van der Waals surface area contributed by atoms with Gasteiger partial charge in [0.2, 0.25) is 0 Å². The second-order valence-corrected chi connectivity index (χ2v) is 6.62. The van der Waals surface area contributed by atoms with Gasteiger partial charge in [-0.25, -0.2) is 9.18 Å². The molecule has 128 valence electrons. The molecule has 8 nitrogen and oxygen atoms in total. The minimum Gasteiger partial charge on any atom is -0.444 e. The van der Waals surface area contributed by atoms with Crippen LogP contribution in [0.3, 0.4) is 0 Å². The van der Waals surface area contributed by atoms with Gasteiger partial charge in [0.15, 0.2) is 0 Å². The molecule has 2 rings (SSSR count). The maximum atomic E-state index is 14.5. The lowest BCUT2D eigenvalue weighted by Crippen LogP contribution is -2.47. The van der Waals surface area contributed by atoms with Crippen LogP contribution in [-0.4, -0.2) is 50.6 Å². The summed E-state index contributed by atoms with van der Waals surface area (Å²) >= 11 is 0. The van der Waals surface area contributed by atoms with Gasteiger partial charge in [-0.3, -0.25) is 14.8 Å². The van der Waals surface area contributed by atoms with Crippen molar-refractivity contribution in [1.82, 2.24) is 14.7 Å². The number of nitrogens with zero attached hydrogens (tertiary/aromatic N) is 4. The normalized spacial score (nSPS) is 22.0. The molecule has 0 aliphatic carbocycles. The van der Waals surface area contributed by atoms with Gasteiger partial charge in [0.05, 0.1) is 17.5 Å². The van der Waals surface area contributed by atoms with Crippen LogP contribution in [0.2, 0.25) is 0 Å². The van der Waals surface area contributed by atoms with Gasteiger partial charge in [0.25, 0.3) is 0 Å². The molecule has 2 heterocycles. The second kappa shape index (κ2) is 6.13. The van der Waals surface area contributed by atoms with Gasteiger partial charge >= 0.3 is 11.8 Å². The third-order valence-electron chi connectivity index (χ3n) is 3.69. The zero-order valence-corrected chi connectivity index (χ0v) is 13.7. The van der Waals surface area contributed by atoms with Crippen molar-refractivity contribution in [2.24, 2.45) is 0 Å². The predicted molar refractivity (Wildman–Crippen MR) is 80.0 cm³/mol. The van der Waals surface area contributed by atoms with E-state index in [0.717, 1.165) is 6.20 Å². The number of likely N-dealkylation sites (tertiary alicyclic amines) is 1. The Kier molecular flexibility index (Phi) is 4.58. The molecule has 1 aromatic rings. The number of halogens is 1. The minimum atomic E-state index is -1.37. The molecule has 0 aromatic carbocycles. The minimum absolute atomic E-state index is 0.118. The molecule has 1 aliphatic heterocycles. The maximum Gasteiger partial charge on any atom is 0.410 e. The fraction of sp³-hybridized carbons (Fsp3) is 0.714. The van der Waals surface area contributed by atoms with E-state index in [1.54, 1.807) is 20.8 Å². The summed E-state index contributed by atoms with van der Waals surface area (Å²) in [6, 6.07) is -0.623. The Morgan fingerprint density at radius 3 is 2.65 bits per heavy atom. The van der Waals surface area contributed by atoms with E-state index in [1.165, 1.54) is 16.5 Å². The molecule has 0 radical (unpaired) electrons. The molecule has 1 saturated heterocycles. The zero-order valence-electron chi connectivity index (χ0n) is 13.7. The molecule has 23 heavy (non-hydrogen) atoms. The van der Waals surface area contributed by atoms with Crippen molar-refractivity contribution < 1.29 is 18.8 Å². The third kappa shape index (κ3) is 3.77. The van der Waals surface area contributed by atoms with Gasteiger partial charge in [-0.05, 0) is 34.1 Å². The van der Waals surface area contributed by atoms with Crippen LogP contribution in [0.5, 0.6) is 0 Å². The number of hydrogen-bond acceptors (Lipinski definition) is 5. The Morgan fingerprint density at radius 2 is 2.17 bits per heavy atom. The first kappa shape index (κ1) is 17.2. The second-order valence-electron chi connectivity index (χ2n) is 6.62. The Morgan fingerprint density at radius 1 is 1.52 bits per heavy atom. The van der Waals surface area contributed by atoms with Gasteiger partial charge in [-0.15, -0.1) is 0 Å². The van der Waals surface area contributed by atoms with E-state index >= 15 is 0 Å². The largest absolute Gasteiger partial charge is 0.444 e. The van der Waals surface area contributed by atoms with Crippen LogP contribution in [0.1, 0.15) is 38.9 Å². The molecule has 1 fully saturated rings. The first-order valence-corrected chi connectivity index (χ1v) is 7.40. The number of piperidine rings is 1. The molecule has 2 atom stereocenters. The van der Waals surface area contributed by atoms with Crippen LogP contribution >= 0.6 is 0 Å². The summed E-state index contributed by atoms with van der Waals surface area (Å²) in [5.41, 5.74) is -0.459. The van der Waals surface area contributed by atoms with Crippen LogP contribution in [0.15, 0.2) is 6.20 Å². The van der Waals surface area contributed by atoms with Crippen molar-refractivity contribution in [2.45, 2.75) is 51.9 Å². The zero-order chi connectivity index (χ0) is 17.4. The number of ether oxygens (including phenoxy) is 1. The average Bonchev–Trinajstić information content (AvgIpc) is 2.78. The number of carbonyl (C=O) groups excluding carboxylic acids is 1. The van der Waals surface area contributed by atoms with Crippen molar-refractivity contribution in [3.63, 3.8) is 0 Å². The third-order valence-corrected chi connectivity index (χ3v) is 3.69. The molecule has 2 unspecified atom stereocenters. The Hall–Kier alpha value is -2.19. The van der Waals surface area contributed by atoms with E-state index in [4.69, 9.17) is 4.74 Å². The lowest BCUT2D eigenvalue weighted by Gasteiger charge is -2.35. The molecule has 1 amide bonds. The summed E-state index contributed by atoms with van der Waals surface area (Å²) in [5, 5.41) is 14.8. The van der Waals surface area contributed by atoms with Gasteiger partial charge < -0.3 is 9.64 Å². The highest BCUT2D eigenvalue weighted by Gasteiger charge is 2.36. The molecule has 0 saturated carbocycles. The average molecular weight is 328 g/mol. The van der Waals surface area contributed by atoms with Crippen LogP contribution < -0.4 is 0 Å². The predicted octanol–water partition coefficient (Wildman–Crippen LogP) is 2.62. The van der Waals surface area contributed by atoms with E-state index in [2.05, 4.69) is 5.10 Å². The van der Waals surface area contributed by atoms with Crippen molar-refractivity contribution in [3.8, 4) is 0 Å². The van der Waals surface area contributed by atoms with Crippen LogP contribution in [-0.2, 0) is 4.74 Å². The fourth-order valence-electron chi connectivity index (χ4n) is 2.59. The molecule has 1 aromatic heterocycles. The Labute approximate surface area is 133 Å². The highest BCUT2D eigenvalue weighted by atomic mass is 19.1. The smallest absolute Gasteiger partial charge is 0.410 e. The highest BCUT2D eigenvalue weighted by molar-refractivity contribution is 5.68. The number of carbonyl (C=O) groups is 1. The SMILES string of the molecule is Cc1c([N+](=O)[O-])cnn1C1CCN(C(=O)OC(C)(C)C)CC1F. The maximum absolute atomic E-state index is 14.5. The molecule has 9 heteroatoms. The quantitative estimate of drug-likeness (QED) is 0.615. The summed E-state index contributed by atoms with van der Waals surface area (Å²) in [4.78, 5) is 23.6. The van der Waals surface area contributed by atoms with Crippen molar-refractivity contribution in [3.05, 3.63) is 22.0 Å². The monoisotopic (exact) mass is 328 g/mol. The summed E-state index contributed by atoms with van der Waals surface area (Å²) in [7, 11) is 0. The van der Waals surface area contributed by atoms with E-state index in [9.17, 15) is 19.3 Å². The van der Waals surface area contributed by atoms with Gasteiger partial charge in [0, 0.05) is 6.54 Å². The summed E-state index contributed by atoms with van der Waals surface area (Å²) in [6.07, 6.45) is -0.473. The molecule has 1 aliphatic rings. The molecular weight excluding hydrogens is 307 g/mol. The lowest BCUT2D eigenvalue weighted by molar-refractivity contribution is -0.385. The number of hydrogen-bond donors (Lipinski definition) is 0. The molecule has 0 N–H and O–H groups in total. The molecule has 0 bridgehead atoms. The fourth-order valence-corrected chi connectivity index (χ4v) is 2.59. The van der Waals surface area contributed by atoms with Crippen LogP contribution in [0, 0.1) is 17.0 Å². The summed E-state index contributed by atoms with van der Waals surface area (Å²) in [6.45, 7) is 6.97. The number of rotatable bonds is 2. The first-order valence-electron chi connectivity index (χ1n) is 7.40.